The molecule has 1 N–H and O–H groups in total. The number of benzene rings is 1. The van der Waals surface area contributed by atoms with Gasteiger partial charge < -0.3 is 14.6 Å². The summed E-state index contributed by atoms with van der Waals surface area (Å²) in [6.07, 6.45) is 5.28. The number of furan rings is 1. The highest BCUT2D eigenvalue weighted by Gasteiger charge is 2.33. The Morgan fingerprint density at radius 1 is 1.30 bits per heavy atom. The molecule has 0 unspecified atom stereocenters. The Morgan fingerprint density at radius 2 is 2.00 bits per heavy atom. The molecule has 1 aromatic heterocycles. The van der Waals surface area contributed by atoms with Gasteiger partial charge in [-0.1, -0.05) is 38.6 Å². The Bertz CT molecular complexity index is 829. The van der Waals surface area contributed by atoms with Crippen molar-refractivity contribution in [1.29, 1.82) is 0 Å². The van der Waals surface area contributed by atoms with Crippen molar-refractivity contribution in [3.05, 3.63) is 48.7 Å². The number of hydrogen-bond donors (Lipinski definition) is 1. The van der Waals surface area contributed by atoms with Crippen molar-refractivity contribution < 1.29 is 14.0 Å². The zero-order valence-electron chi connectivity index (χ0n) is 16.2. The SMILES string of the molecule is C=CC(=O)NCC(C)(C)C1CCN(C(=O)Cc2coc3ccccc23)CC1. The first-order valence-electron chi connectivity index (χ1n) is 9.54. The van der Waals surface area contributed by atoms with Crippen molar-refractivity contribution in [3.63, 3.8) is 0 Å². The van der Waals surface area contributed by atoms with Gasteiger partial charge in [-0.25, -0.2) is 0 Å². The van der Waals surface area contributed by atoms with Crippen LogP contribution in [0.15, 0.2) is 47.6 Å². The predicted molar refractivity (Wildman–Crippen MR) is 106 cm³/mol. The number of carbonyl (C=O) groups excluding carboxylic acids is 2. The molecule has 0 aliphatic carbocycles. The molecule has 1 fully saturated rings. The number of likely N-dealkylation sites (tertiary alicyclic amines) is 1. The fourth-order valence-electron chi connectivity index (χ4n) is 3.89. The van der Waals surface area contributed by atoms with Crippen LogP contribution in [0, 0.1) is 11.3 Å². The maximum atomic E-state index is 12.7. The molecule has 0 radical (unpaired) electrons. The Balaban J connectivity index is 1.54. The Labute approximate surface area is 160 Å². The topological polar surface area (TPSA) is 62.6 Å². The van der Waals surface area contributed by atoms with Crippen LogP contribution in [-0.4, -0.2) is 36.3 Å². The van der Waals surface area contributed by atoms with Crippen LogP contribution in [0.5, 0.6) is 0 Å². The quantitative estimate of drug-likeness (QED) is 0.793. The molecule has 1 aliphatic heterocycles. The highest BCUT2D eigenvalue weighted by molar-refractivity contribution is 5.88. The third kappa shape index (κ3) is 4.41. The minimum absolute atomic E-state index is 0.00539. The van der Waals surface area contributed by atoms with Crippen LogP contribution in [-0.2, 0) is 16.0 Å². The molecule has 3 rings (SSSR count). The molecule has 5 heteroatoms. The highest BCUT2D eigenvalue weighted by atomic mass is 16.3. The molecule has 2 amide bonds. The zero-order chi connectivity index (χ0) is 19.4. The van der Waals surface area contributed by atoms with Crippen LogP contribution < -0.4 is 5.32 Å². The van der Waals surface area contributed by atoms with Crippen LogP contribution in [0.2, 0.25) is 0 Å². The van der Waals surface area contributed by atoms with Crippen LogP contribution >= 0.6 is 0 Å². The third-order valence-electron chi connectivity index (χ3n) is 5.76. The molecule has 1 aliphatic rings. The smallest absolute Gasteiger partial charge is 0.243 e. The second kappa shape index (κ2) is 7.99. The van der Waals surface area contributed by atoms with E-state index in [0.29, 0.717) is 18.9 Å². The van der Waals surface area contributed by atoms with Gasteiger partial charge in [0.15, 0.2) is 0 Å². The largest absolute Gasteiger partial charge is 0.464 e. The summed E-state index contributed by atoms with van der Waals surface area (Å²) >= 11 is 0. The summed E-state index contributed by atoms with van der Waals surface area (Å²) in [6.45, 7) is 9.99. The first kappa shape index (κ1) is 19.2. The van der Waals surface area contributed by atoms with E-state index in [1.807, 2.05) is 29.2 Å². The number of carbonyl (C=O) groups is 2. The summed E-state index contributed by atoms with van der Waals surface area (Å²) in [5.41, 5.74) is 1.77. The maximum absolute atomic E-state index is 12.7. The molecule has 0 saturated carbocycles. The minimum Gasteiger partial charge on any atom is -0.464 e. The average Bonchev–Trinajstić information content (AvgIpc) is 3.09. The van der Waals surface area contributed by atoms with E-state index in [9.17, 15) is 9.59 Å². The lowest BCUT2D eigenvalue weighted by molar-refractivity contribution is -0.132. The average molecular weight is 368 g/mol. The van der Waals surface area contributed by atoms with Crippen molar-refractivity contribution in [3.8, 4) is 0 Å². The van der Waals surface area contributed by atoms with E-state index in [-0.39, 0.29) is 17.2 Å². The van der Waals surface area contributed by atoms with E-state index in [1.54, 1.807) is 6.26 Å². The fourth-order valence-corrected chi connectivity index (χ4v) is 3.89. The normalized spacial score (nSPS) is 15.7. The van der Waals surface area contributed by atoms with Crippen LogP contribution in [0.4, 0.5) is 0 Å². The highest BCUT2D eigenvalue weighted by Crippen LogP contribution is 2.34. The lowest BCUT2D eigenvalue weighted by Crippen LogP contribution is -2.45. The number of hydrogen-bond acceptors (Lipinski definition) is 3. The summed E-state index contributed by atoms with van der Waals surface area (Å²) in [6, 6.07) is 7.81. The summed E-state index contributed by atoms with van der Waals surface area (Å²) in [5, 5.41) is 3.92. The lowest BCUT2D eigenvalue weighted by Gasteiger charge is -2.40. The van der Waals surface area contributed by atoms with Gasteiger partial charge in [0.2, 0.25) is 11.8 Å². The molecule has 5 nitrogen and oxygen atoms in total. The molecule has 27 heavy (non-hydrogen) atoms. The number of fused-ring (bicyclic) bond motifs is 1. The molecule has 2 heterocycles. The summed E-state index contributed by atoms with van der Waals surface area (Å²) < 4.78 is 5.54. The van der Waals surface area contributed by atoms with E-state index in [0.717, 1.165) is 42.5 Å². The Hall–Kier alpha value is -2.56. The number of piperidine rings is 1. The second-order valence-electron chi connectivity index (χ2n) is 8.00. The third-order valence-corrected chi connectivity index (χ3v) is 5.76. The molecule has 1 aromatic carbocycles. The van der Waals surface area contributed by atoms with Crippen molar-refractivity contribution in [2.45, 2.75) is 33.1 Å². The molecule has 0 spiro atoms. The van der Waals surface area contributed by atoms with Gasteiger partial charge in [-0.2, -0.15) is 0 Å². The van der Waals surface area contributed by atoms with Crippen molar-refractivity contribution in [1.82, 2.24) is 10.2 Å². The van der Waals surface area contributed by atoms with Gasteiger partial charge in [-0.05, 0) is 36.3 Å². The van der Waals surface area contributed by atoms with E-state index < -0.39 is 0 Å². The molecule has 2 aromatic rings. The molecule has 144 valence electrons. The van der Waals surface area contributed by atoms with E-state index in [4.69, 9.17) is 4.42 Å². The van der Waals surface area contributed by atoms with Crippen molar-refractivity contribution in [2.24, 2.45) is 11.3 Å². The summed E-state index contributed by atoms with van der Waals surface area (Å²) in [4.78, 5) is 26.1. The van der Waals surface area contributed by atoms with E-state index >= 15 is 0 Å². The first-order chi connectivity index (χ1) is 12.9. The molecular weight excluding hydrogens is 340 g/mol. The molecule has 0 bridgehead atoms. The second-order valence-corrected chi connectivity index (χ2v) is 8.00. The van der Waals surface area contributed by atoms with Crippen molar-refractivity contribution in [2.75, 3.05) is 19.6 Å². The first-order valence-corrected chi connectivity index (χ1v) is 9.54. The van der Waals surface area contributed by atoms with Gasteiger partial charge >= 0.3 is 0 Å². The molecule has 1 saturated heterocycles. The Kier molecular flexibility index (Phi) is 5.68. The Morgan fingerprint density at radius 3 is 2.70 bits per heavy atom. The van der Waals surface area contributed by atoms with Gasteiger partial charge in [0.25, 0.3) is 0 Å². The lowest BCUT2D eigenvalue weighted by atomic mass is 9.73. The van der Waals surface area contributed by atoms with Crippen LogP contribution in [0.25, 0.3) is 11.0 Å². The van der Waals surface area contributed by atoms with Gasteiger partial charge in [-0.15, -0.1) is 0 Å². The minimum atomic E-state index is -0.136. The number of nitrogens with zero attached hydrogens (tertiary/aromatic N) is 1. The maximum Gasteiger partial charge on any atom is 0.243 e. The van der Waals surface area contributed by atoms with Crippen LogP contribution in [0.3, 0.4) is 0 Å². The summed E-state index contributed by atoms with van der Waals surface area (Å²) in [7, 11) is 0. The standard InChI is InChI=1S/C22H28N2O3/c1-4-20(25)23-15-22(2,3)17-9-11-24(12-10-17)21(26)13-16-14-27-19-8-6-5-7-18(16)19/h4-8,14,17H,1,9-13,15H2,2-3H3,(H,23,25). The zero-order valence-corrected chi connectivity index (χ0v) is 16.2. The summed E-state index contributed by atoms with van der Waals surface area (Å²) in [5.74, 6) is 0.488. The van der Waals surface area contributed by atoms with Crippen LogP contribution in [0.1, 0.15) is 32.3 Å². The number of rotatable bonds is 6. The van der Waals surface area contributed by atoms with Gasteiger partial charge in [-0.3, -0.25) is 9.59 Å². The van der Waals surface area contributed by atoms with Gasteiger partial charge in [0.1, 0.15) is 5.58 Å². The monoisotopic (exact) mass is 368 g/mol. The van der Waals surface area contributed by atoms with Gasteiger partial charge in [0.05, 0.1) is 12.7 Å². The molecule has 0 atom stereocenters. The number of amides is 2. The molecular formula is C22H28N2O3. The van der Waals surface area contributed by atoms with E-state index in [1.165, 1.54) is 6.08 Å². The van der Waals surface area contributed by atoms with Crippen molar-refractivity contribution >= 4 is 22.8 Å². The van der Waals surface area contributed by atoms with E-state index in [2.05, 4.69) is 25.7 Å². The van der Waals surface area contributed by atoms with Gasteiger partial charge in [0, 0.05) is 30.6 Å². The predicted octanol–water partition coefficient (Wildman–Crippen LogP) is 3.54. The fraction of sp³-hybridized carbons (Fsp3) is 0.455. The number of para-hydroxylation sites is 1. The number of nitrogens with one attached hydrogen (secondary N) is 1.